The quantitative estimate of drug-likeness (QED) is 0.636. The molecular weight excluding hydrogens is 340 g/mol. The summed E-state index contributed by atoms with van der Waals surface area (Å²) in [4.78, 5) is 4.33. The molecule has 1 aliphatic carbocycles. The molecule has 0 saturated carbocycles. The van der Waals surface area contributed by atoms with Crippen LogP contribution in [0.2, 0.25) is 0 Å². The van der Waals surface area contributed by atoms with Crippen molar-refractivity contribution in [3.05, 3.63) is 42.2 Å². The van der Waals surface area contributed by atoms with Gasteiger partial charge in [0.05, 0.1) is 9.83 Å². The highest BCUT2D eigenvalue weighted by molar-refractivity contribution is 9.11. The maximum absolute atomic E-state index is 5.77. The van der Waals surface area contributed by atoms with Crippen LogP contribution < -0.4 is 11.3 Å². The van der Waals surface area contributed by atoms with E-state index in [1.54, 1.807) is 21.8 Å². The lowest BCUT2D eigenvalue weighted by Gasteiger charge is -2.12. The summed E-state index contributed by atoms with van der Waals surface area (Å²) in [7, 11) is 0. The summed E-state index contributed by atoms with van der Waals surface area (Å²) in [6, 6.07) is 6.88. The fraction of sp³-hybridized carbons (Fsp3) is 0.429. The third-order valence-electron chi connectivity index (χ3n) is 3.59. The summed E-state index contributed by atoms with van der Waals surface area (Å²) in [6.07, 6.45) is 6.13. The third kappa shape index (κ3) is 3.11. The van der Waals surface area contributed by atoms with Crippen molar-refractivity contribution < 1.29 is 0 Å². The molecule has 2 aromatic rings. The predicted molar refractivity (Wildman–Crippen MR) is 86.7 cm³/mol. The zero-order chi connectivity index (χ0) is 13.2. The normalized spacial score (nSPS) is 16.3. The van der Waals surface area contributed by atoms with E-state index in [0.29, 0.717) is 0 Å². The molecule has 0 amide bonds. The Morgan fingerprint density at radius 3 is 2.79 bits per heavy atom. The van der Waals surface area contributed by atoms with E-state index in [1.807, 2.05) is 11.3 Å². The Balaban J connectivity index is 1.79. The predicted octanol–water partition coefficient (Wildman–Crippen LogP) is 4.20. The summed E-state index contributed by atoms with van der Waals surface area (Å²) in [5.41, 5.74) is 4.54. The van der Waals surface area contributed by atoms with Crippen molar-refractivity contribution in [3.8, 4) is 0 Å². The molecule has 0 radical (unpaired) electrons. The Morgan fingerprint density at radius 2 is 2.11 bits per heavy atom. The van der Waals surface area contributed by atoms with Crippen LogP contribution in [-0.2, 0) is 19.3 Å². The van der Waals surface area contributed by atoms with Gasteiger partial charge in [0.15, 0.2) is 0 Å². The van der Waals surface area contributed by atoms with Gasteiger partial charge in [0, 0.05) is 21.1 Å². The molecule has 2 nitrogen and oxygen atoms in total. The van der Waals surface area contributed by atoms with E-state index in [0.717, 1.165) is 6.42 Å². The Labute approximate surface area is 130 Å². The van der Waals surface area contributed by atoms with Gasteiger partial charge < -0.3 is 0 Å². The molecule has 0 fully saturated rings. The van der Waals surface area contributed by atoms with E-state index in [1.165, 1.54) is 39.2 Å². The first-order chi connectivity index (χ1) is 9.26. The number of aryl methyl sites for hydroxylation is 2. The third-order valence-corrected chi connectivity index (χ3v) is 6.59. The summed E-state index contributed by atoms with van der Waals surface area (Å²) in [5.74, 6) is 5.77. The summed E-state index contributed by atoms with van der Waals surface area (Å²) < 4.78 is 1.18. The SMILES string of the molecule is NNC(Cc1ccc(Br)s1)c1cc2c(s1)CCCC2. The summed E-state index contributed by atoms with van der Waals surface area (Å²) in [6.45, 7) is 0. The van der Waals surface area contributed by atoms with Gasteiger partial charge in [0.2, 0.25) is 0 Å². The van der Waals surface area contributed by atoms with Crippen molar-refractivity contribution in [2.45, 2.75) is 38.1 Å². The number of hydrogen-bond donors (Lipinski definition) is 2. The van der Waals surface area contributed by atoms with Crippen molar-refractivity contribution in [1.29, 1.82) is 0 Å². The molecule has 2 heterocycles. The van der Waals surface area contributed by atoms with Gasteiger partial charge in [-0.05, 0) is 65.4 Å². The van der Waals surface area contributed by atoms with E-state index < -0.39 is 0 Å². The molecule has 0 spiro atoms. The minimum absolute atomic E-state index is 0.237. The molecule has 1 atom stereocenters. The summed E-state index contributed by atoms with van der Waals surface area (Å²) >= 11 is 7.25. The maximum Gasteiger partial charge on any atom is 0.0701 e. The van der Waals surface area contributed by atoms with Crippen LogP contribution in [0.25, 0.3) is 0 Å². The molecule has 1 aliphatic rings. The number of hydrazine groups is 1. The largest absolute Gasteiger partial charge is 0.271 e. The average molecular weight is 357 g/mol. The molecule has 3 rings (SSSR count). The monoisotopic (exact) mass is 356 g/mol. The van der Waals surface area contributed by atoms with Crippen molar-refractivity contribution in [3.63, 3.8) is 0 Å². The second kappa shape index (κ2) is 6.06. The number of nitrogens with two attached hydrogens (primary N) is 1. The zero-order valence-corrected chi connectivity index (χ0v) is 13.8. The molecule has 1 unspecified atom stereocenters. The molecule has 0 bridgehead atoms. The van der Waals surface area contributed by atoms with Crippen LogP contribution in [0, 0.1) is 0 Å². The highest BCUT2D eigenvalue weighted by Crippen LogP contribution is 2.35. The molecule has 102 valence electrons. The Bertz CT molecular complexity index is 538. The Morgan fingerprint density at radius 1 is 1.26 bits per heavy atom. The number of hydrogen-bond acceptors (Lipinski definition) is 4. The van der Waals surface area contributed by atoms with Crippen LogP contribution in [-0.4, -0.2) is 0 Å². The van der Waals surface area contributed by atoms with Crippen molar-refractivity contribution in [2.75, 3.05) is 0 Å². The van der Waals surface area contributed by atoms with Gasteiger partial charge in [0.25, 0.3) is 0 Å². The van der Waals surface area contributed by atoms with E-state index in [4.69, 9.17) is 5.84 Å². The number of fused-ring (bicyclic) bond motifs is 1. The molecule has 0 aromatic carbocycles. The smallest absolute Gasteiger partial charge is 0.0701 e. The molecule has 5 heteroatoms. The van der Waals surface area contributed by atoms with Crippen molar-refractivity contribution in [2.24, 2.45) is 5.84 Å². The maximum atomic E-state index is 5.77. The van der Waals surface area contributed by atoms with Crippen molar-refractivity contribution in [1.82, 2.24) is 5.43 Å². The van der Waals surface area contributed by atoms with Gasteiger partial charge in [-0.3, -0.25) is 11.3 Å². The van der Waals surface area contributed by atoms with Crippen LogP contribution in [0.5, 0.6) is 0 Å². The van der Waals surface area contributed by atoms with E-state index >= 15 is 0 Å². The first-order valence-corrected chi connectivity index (χ1v) is 9.00. The molecule has 2 aromatic heterocycles. The van der Waals surface area contributed by atoms with Gasteiger partial charge in [-0.2, -0.15) is 0 Å². The minimum Gasteiger partial charge on any atom is -0.271 e. The van der Waals surface area contributed by atoms with Crippen LogP contribution in [0.3, 0.4) is 0 Å². The first-order valence-electron chi connectivity index (χ1n) is 6.58. The van der Waals surface area contributed by atoms with E-state index in [2.05, 4.69) is 39.6 Å². The summed E-state index contributed by atoms with van der Waals surface area (Å²) in [5, 5.41) is 0. The lowest BCUT2D eigenvalue weighted by molar-refractivity contribution is 0.564. The molecule has 0 saturated heterocycles. The Hall–Kier alpha value is -0.200. The first kappa shape index (κ1) is 13.8. The number of halogens is 1. The standard InChI is InChI=1S/C14H17BrN2S2/c15-14-6-5-10(18-14)8-11(17-16)13-7-9-3-1-2-4-12(9)19-13/h5-7,11,17H,1-4,8,16H2. The topological polar surface area (TPSA) is 38.0 Å². The van der Waals surface area contributed by atoms with Gasteiger partial charge in [-0.25, -0.2) is 0 Å². The fourth-order valence-electron chi connectivity index (χ4n) is 2.59. The second-order valence-electron chi connectivity index (χ2n) is 4.93. The zero-order valence-electron chi connectivity index (χ0n) is 10.6. The molecular formula is C14H17BrN2S2. The highest BCUT2D eigenvalue weighted by atomic mass is 79.9. The van der Waals surface area contributed by atoms with Gasteiger partial charge in [-0.15, -0.1) is 22.7 Å². The lowest BCUT2D eigenvalue weighted by Crippen LogP contribution is -2.28. The van der Waals surface area contributed by atoms with E-state index in [-0.39, 0.29) is 6.04 Å². The Kier molecular flexibility index (Phi) is 4.39. The molecule has 3 N–H and O–H groups in total. The van der Waals surface area contributed by atoms with Crippen LogP contribution >= 0.6 is 38.6 Å². The van der Waals surface area contributed by atoms with E-state index in [9.17, 15) is 0 Å². The fourth-order valence-corrected chi connectivity index (χ4v) is 5.44. The lowest BCUT2D eigenvalue weighted by atomic mass is 9.98. The second-order valence-corrected chi connectivity index (χ2v) is 8.65. The van der Waals surface area contributed by atoms with Gasteiger partial charge in [-0.1, -0.05) is 0 Å². The minimum atomic E-state index is 0.237. The van der Waals surface area contributed by atoms with Crippen LogP contribution in [0.4, 0.5) is 0 Å². The van der Waals surface area contributed by atoms with Gasteiger partial charge >= 0.3 is 0 Å². The molecule has 0 aliphatic heterocycles. The average Bonchev–Trinajstić information content (AvgIpc) is 3.01. The molecule has 19 heavy (non-hydrogen) atoms. The highest BCUT2D eigenvalue weighted by Gasteiger charge is 2.19. The van der Waals surface area contributed by atoms with Gasteiger partial charge in [0.1, 0.15) is 0 Å². The van der Waals surface area contributed by atoms with Crippen LogP contribution in [0.15, 0.2) is 22.0 Å². The number of thiophene rings is 2. The number of rotatable bonds is 4. The number of nitrogens with one attached hydrogen (secondary N) is 1. The van der Waals surface area contributed by atoms with Crippen LogP contribution in [0.1, 0.15) is 39.1 Å². The van der Waals surface area contributed by atoms with Crippen molar-refractivity contribution >= 4 is 38.6 Å².